The lowest BCUT2D eigenvalue weighted by Gasteiger charge is -2.39. The third-order valence-corrected chi connectivity index (χ3v) is 5.31. The molecule has 1 aliphatic rings. The average Bonchev–Trinajstić information content (AvgIpc) is 2.79. The number of rotatable bonds is 5. The molecule has 32 heavy (non-hydrogen) atoms. The van der Waals surface area contributed by atoms with E-state index in [1.807, 2.05) is 0 Å². The highest BCUT2D eigenvalue weighted by Crippen LogP contribution is 2.31. The zero-order valence-electron chi connectivity index (χ0n) is 16.9. The van der Waals surface area contributed by atoms with Crippen molar-refractivity contribution in [3.63, 3.8) is 0 Å². The van der Waals surface area contributed by atoms with Gasteiger partial charge in [-0.25, -0.2) is 0 Å². The van der Waals surface area contributed by atoms with E-state index in [9.17, 15) is 30.3 Å². The van der Waals surface area contributed by atoms with E-state index in [-0.39, 0.29) is 39.2 Å². The predicted molar refractivity (Wildman–Crippen MR) is 111 cm³/mol. The van der Waals surface area contributed by atoms with Gasteiger partial charge in [0.2, 0.25) is 11.7 Å². The van der Waals surface area contributed by atoms with E-state index in [2.05, 4.69) is 0 Å². The molecule has 1 fully saturated rings. The molecule has 1 aromatic heterocycles. The monoisotopic (exact) mass is 446 g/mol. The Bertz CT molecular complexity index is 1150. The summed E-state index contributed by atoms with van der Waals surface area (Å²) in [4.78, 5) is 13.0. The Balaban J connectivity index is 1.61. The molecule has 5 N–H and O–H groups in total. The van der Waals surface area contributed by atoms with Crippen molar-refractivity contribution in [2.75, 3.05) is 13.7 Å². The summed E-state index contributed by atoms with van der Waals surface area (Å²) in [6.45, 7) is -0.567. The zero-order chi connectivity index (χ0) is 23.0. The molecule has 3 aromatic rings. The molecule has 0 aliphatic carbocycles. The maximum Gasteiger partial charge on any atom is 0.229 e. The summed E-state index contributed by atoms with van der Waals surface area (Å²) in [7, 11) is 1.38. The standard InChI is InChI=1S/C22H22O10/c1-29-14-6-11(24)7-15-17(14)18(25)13(9-30-15)10-2-4-12(5-3-10)31-22-21(28)20(27)19(26)16(8-23)32-22/h2-7,9,16,19-24,26-28H,8H2,1H3/t16-,19-,20+,21-,22-/m1/s1. The van der Waals surface area contributed by atoms with Gasteiger partial charge >= 0.3 is 0 Å². The molecule has 0 amide bonds. The summed E-state index contributed by atoms with van der Waals surface area (Å²) in [5.41, 5.74) is 0.585. The number of ether oxygens (including phenoxy) is 3. The molecule has 10 heteroatoms. The highest BCUT2D eigenvalue weighted by atomic mass is 16.7. The molecule has 0 radical (unpaired) electrons. The Hall–Kier alpha value is -3.15. The predicted octanol–water partition coefficient (Wildman–Crippen LogP) is 0.353. The number of aliphatic hydroxyl groups is 4. The lowest BCUT2D eigenvalue weighted by molar-refractivity contribution is -0.277. The fourth-order valence-corrected chi connectivity index (χ4v) is 3.58. The topological polar surface area (TPSA) is 159 Å². The van der Waals surface area contributed by atoms with Gasteiger partial charge in [-0.05, 0) is 17.7 Å². The number of phenolic OH excluding ortho intramolecular Hbond substituents is 1. The second-order valence-corrected chi connectivity index (χ2v) is 7.34. The Kier molecular flexibility index (Phi) is 6.04. The molecule has 0 saturated carbocycles. The molecule has 2 aromatic carbocycles. The minimum Gasteiger partial charge on any atom is -0.508 e. The van der Waals surface area contributed by atoms with Crippen LogP contribution in [-0.4, -0.2) is 70.0 Å². The van der Waals surface area contributed by atoms with Gasteiger partial charge in [0.1, 0.15) is 58.9 Å². The van der Waals surface area contributed by atoms with Gasteiger partial charge in [0, 0.05) is 12.1 Å². The first kappa shape index (κ1) is 22.1. The Morgan fingerprint density at radius 1 is 1.03 bits per heavy atom. The molecule has 0 unspecified atom stereocenters. The van der Waals surface area contributed by atoms with Crippen molar-refractivity contribution in [3.05, 3.63) is 52.9 Å². The summed E-state index contributed by atoms with van der Waals surface area (Å²) in [6.07, 6.45) is -5.71. The van der Waals surface area contributed by atoms with Crippen LogP contribution in [0, 0.1) is 0 Å². The number of hydrogen-bond acceptors (Lipinski definition) is 10. The van der Waals surface area contributed by atoms with Gasteiger partial charge < -0.3 is 44.2 Å². The fourth-order valence-electron chi connectivity index (χ4n) is 3.58. The van der Waals surface area contributed by atoms with E-state index in [1.54, 1.807) is 12.1 Å². The molecule has 0 spiro atoms. The maximum absolute atomic E-state index is 13.0. The van der Waals surface area contributed by atoms with E-state index < -0.39 is 37.3 Å². The SMILES string of the molecule is COc1cc(O)cc2occ(-c3ccc(O[C@@H]4O[C@H](CO)[C@@H](O)[C@H](O)[C@H]4O)cc3)c(=O)c12. The minimum atomic E-state index is -1.55. The van der Waals surface area contributed by atoms with E-state index in [1.165, 1.54) is 37.6 Å². The van der Waals surface area contributed by atoms with Gasteiger partial charge in [-0.15, -0.1) is 0 Å². The van der Waals surface area contributed by atoms with Crippen LogP contribution >= 0.6 is 0 Å². The van der Waals surface area contributed by atoms with E-state index in [0.717, 1.165) is 0 Å². The minimum absolute atomic E-state index is 0.0973. The van der Waals surface area contributed by atoms with Gasteiger partial charge in [-0.3, -0.25) is 4.79 Å². The summed E-state index contributed by atoms with van der Waals surface area (Å²) in [5, 5.41) is 49.0. The molecule has 2 heterocycles. The summed E-state index contributed by atoms with van der Waals surface area (Å²) in [5.74, 6) is 0.337. The highest BCUT2D eigenvalue weighted by Gasteiger charge is 2.44. The van der Waals surface area contributed by atoms with Crippen LogP contribution in [-0.2, 0) is 4.74 Å². The van der Waals surface area contributed by atoms with Crippen LogP contribution in [0.4, 0.5) is 0 Å². The zero-order valence-corrected chi connectivity index (χ0v) is 16.9. The second-order valence-electron chi connectivity index (χ2n) is 7.34. The van der Waals surface area contributed by atoms with Crippen LogP contribution in [0.1, 0.15) is 0 Å². The maximum atomic E-state index is 13.0. The largest absolute Gasteiger partial charge is 0.508 e. The molecular weight excluding hydrogens is 424 g/mol. The van der Waals surface area contributed by atoms with E-state index in [4.69, 9.17) is 18.6 Å². The van der Waals surface area contributed by atoms with Crippen molar-refractivity contribution in [3.8, 4) is 28.4 Å². The number of fused-ring (bicyclic) bond motifs is 1. The number of aliphatic hydroxyl groups excluding tert-OH is 4. The Morgan fingerprint density at radius 3 is 2.41 bits per heavy atom. The lowest BCUT2D eigenvalue weighted by atomic mass is 9.99. The normalized spacial score (nSPS) is 25.6. The van der Waals surface area contributed by atoms with Crippen molar-refractivity contribution in [2.45, 2.75) is 30.7 Å². The summed E-state index contributed by atoms with van der Waals surface area (Å²) < 4.78 is 21.6. The van der Waals surface area contributed by atoms with Crippen LogP contribution in [0.25, 0.3) is 22.1 Å². The van der Waals surface area contributed by atoms with Crippen molar-refractivity contribution < 1.29 is 44.2 Å². The molecule has 0 bridgehead atoms. The fraction of sp³-hybridized carbons (Fsp3) is 0.318. The van der Waals surface area contributed by atoms with Crippen molar-refractivity contribution in [1.29, 1.82) is 0 Å². The van der Waals surface area contributed by atoms with Crippen LogP contribution in [0.2, 0.25) is 0 Å². The molecular formula is C22H22O10. The molecule has 1 saturated heterocycles. The van der Waals surface area contributed by atoms with Gasteiger partial charge in [0.05, 0.1) is 19.3 Å². The molecule has 170 valence electrons. The Morgan fingerprint density at radius 2 is 1.75 bits per heavy atom. The number of methoxy groups -OCH3 is 1. The first-order valence-corrected chi connectivity index (χ1v) is 9.74. The van der Waals surface area contributed by atoms with Crippen LogP contribution in [0.5, 0.6) is 17.2 Å². The number of hydrogen-bond donors (Lipinski definition) is 5. The molecule has 4 rings (SSSR count). The second kappa shape index (κ2) is 8.77. The van der Waals surface area contributed by atoms with Gasteiger partial charge in [0.15, 0.2) is 0 Å². The smallest absolute Gasteiger partial charge is 0.229 e. The molecule has 1 aliphatic heterocycles. The van der Waals surface area contributed by atoms with Crippen LogP contribution < -0.4 is 14.9 Å². The Labute approximate surface area is 181 Å². The van der Waals surface area contributed by atoms with Crippen molar-refractivity contribution >= 4 is 11.0 Å². The van der Waals surface area contributed by atoms with Crippen LogP contribution in [0.15, 0.2) is 51.9 Å². The van der Waals surface area contributed by atoms with Gasteiger partial charge in [-0.2, -0.15) is 0 Å². The number of benzene rings is 2. The van der Waals surface area contributed by atoms with Gasteiger partial charge in [0.25, 0.3) is 0 Å². The molecule has 5 atom stereocenters. The number of aromatic hydroxyl groups is 1. The van der Waals surface area contributed by atoms with Gasteiger partial charge in [-0.1, -0.05) is 12.1 Å². The first-order chi connectivity index (χ1) is 15.3. The first-order valence-electron chi connectivity index (χ1n) is 9.74. The van der Waals surface area contributed by atoms with Crippen LogP contribution in [0.3, 0.4) is 0 Å². The number of phenols is 1. The highest BCUT2D eigenvalue weighted by molar-refractivity contribution is 5.88. The quantitative estimate of drug-likeness (QED) is 0.370. The molecule has 10 nitrogen and oxygen atoms in total. The van der Waals surface area contributed by atoms with E-state index in [0.29, 0.717) is 5.56 Å². The third kappa shape index (κ3) is 3.90. The summed E-state index contributed by atoms with van der Waals surface area (Å²) >= 11 is 0. The lowest BCUT2D eigenvalue weighted by Crippen LogP contribution is -2.60. The average molecular weight is 446 g/mol. The van der Waals surface area contributed by atoms with Crippen molar-refractivity contribution in [2.24, 2.45) is 0 Å². The van der Waals surface area contributed by atoms with E-state index >= 15 is 0 Å². The summed E-state index contributed by atoms with van der Waals surface area (Å²) in [6, 6.07) is 8.86. The third-order valence-electron chi connectivity index (χ3n) is 5.31. The van der Waals surface area contributed by atoms with Crippen molar-refractivity contribution in [1.82, 2.24) is 0 Å².